The molecule has 1 aromatic carbocycles. The second-order valence-corrected chi connectivity index (χ2v) is 5.86. The highest BCUT2D eigenvalue weighted by Crippen LogP contribution is 2.21. The smallest absolute Gasteiger partial charge is 0.256 e. The van der Waals surface area contributed by atoms with Crippen LogP contribution in [0.25, 0.3) is 11.3 Å². The van der Waals surface area contributed by atoms with Crippen molar-refractivity contribution in [2.24, 2.45) is 5.92 Å². The molecule has 1 fully saturated rings. The van der Waals surface area contributed by atoms with Gasteiger partial charge in [-0.05, 0) is 7.05 Å². The number of nitrogens with zero attached hydrogens (tertiary/aromatic N) is 2. The molecular formula is C17H21N3O3. The number of hydrogen-bond donors (Lipinski definition) is 1. The highest BCUT2D eigenvalue weighted by molar-refractivity contribution is 5.99. The summed E-state index contributed by atoms with van der Waals surface area (Å²) < 4.78 is 10.6. The first kappa shape index (κ1) is 15.7. The minimum absolute atomic E-state index is 0.169. The summed E-state index contributed by atoms with van der Waals surface area (Å²) >= 11 is 0. The Morgan fingerprint density at radius 1 is 1.39 bits per heavy atom. The first-order valence-electron chi connectivity index (χ1n) is 7.78. The van der Waals surface area contributed by atoms with Gasteiger partial charge in [0.25, 0.3) is 5.91 Å². The second kappa shape index (κ2) is 7.39. The lowest BCUT2D eigenvalue weighted by atomic mass is 10.1. The van der Waals surface area contributed by atoms with Gasteiger partial charge in [-0.15, -0.1) is 0 Å². The van der Waals surface area contributed by atoms with E-state index in [0.29, 0.717) is 24.4 Å². The third-order valence-corrected chi connectivity index (χ3v) is 3.95. The van der Waals surface area contributed by atoms with Gasteiger partial charge in [-0.25, -0.2) is 0 Å². The molecule has 1 saturated heterocycles. The minimum atomic E-state index is -0.169. The van der Waals surface area contributed by atoms with E-state index in [1.807, 2.05) is 30.3 Å². The number of amides is 1. The molecule has 1 aromatic heterocycles. The van der Waals surface area contributed by atoms with Crippen LogP contribution in [0.4, 0.5) is 0 Å². The van der Waals surface area contributed by atoms with Crippen LogP contribution < -0.4 is 5.32 Å². The number of carbonyl (C=O) groups is 1. The van der Waals surface area contributed by atoms with Crippen LogP contribution in [0.15, 0.2) is 41.1 Å². The molecule has 1 N–H and O–H groups in total. The van der Waals surface area contributed by atoms with Crippen LogP contribution in [0, 0.1) is 5.92 Å². The van der Waals surface area contributed by atoms with Crippen LogP contribution in [-0.2, 0) is 4.74 Å². The van der Waals surface area contributed by atoms with Crippen molar-refractivity contribution in [3.8, 4) is 11.3 Å². The number of hydrogen-bond acceptors (Lipinski definition) is 5. The van der Waals surface area contributed by atoms with Crippen LogP contribution in [0.3, 0.4) is 0 Å². The van der Waals surface area contributed by atoms with Crippen molar-refractivity contribution >= 4 is 5.91 Å². The lowest BCUT2D eigenvalue weighted by molar-refractivity contribution is 0.0921. The fourth-order valence-electron chi connectivity index (χ4n) is 2.71. The Labute approximate surface area is 135 Å². The lowest BCUT2D eigenvalue weighted by Gasteiger charge is -2.19. The van der Waals surface area contributed by atoms with Crippen molar-refractivity contribution in [2.45, 2.75) is 0 Å². The van der Waals surface area contributed by atoms with Crippen LogP contribution in [0.2, 0.25) is 0 Å². The van der Waals surface area contributed by atoms with Crippen LogP contribution in [-0.4, -0.2) is 55.9 Å². The van der Waals surface area contributed by atoms with E-state index in [-0.39, 0.29) is 11.8 Å². The standard InChI is InChI=1S/C17H21N3O3/c1-20-7-8-22-11-13(10-20)9-18-17(21)15-12-23-19-16(15)14-5-3-2-4-6-14/h2-6,12-13H,7-11H2,1H3,(H,18,21). The van der Waals surface area contributed by atoms with Gasteiger partial charge in [0.05, 0.1) is 13.2 Å². The average molecular weight is 315 g/mol. The van der Waals surface area contributed by atoms with Gasteiger partial charge in [-0.1, -0.05) is 35.5 Å². The molecule has 1 aliphatic rings. The van der Waals surface area contributed by atoms with E-state index in [1.165, 1.54) is 6.26 Å². The van der Waals surface area contributed by atoms with E-state index in [0.717, 1.165) is 25.3 Å². The van der Waals surface area contributed by atoms with Gasteiger partial charge in [0, 0.05) is 31.1 Å². The fourth-order valence-corrected chi connectivity index (χ4v) is 2.71. The average Bonchev–Trinajstić information content (AvgIpc) is 2.97. The molecule has 1 aliphatic heterocycles. The summed E-state index contributed by atoms with van der Waals surface area (Å²) in [7, 11) is 2.07. The summed E-state index contributed by atoms with van der Waals surface area (Å²) in [5.41, 5.74) is 1.89. The zero-order valence-electron chi connectivity index (χ0n) is 13.2. The number of rotatable bonds is 4. The van der Waals surface area contributed by atoms with E-state index >= 15 is 0 Å². The predicted octanol–water partition coefficient (Wildman–Crippen LogP) is 1.65. The van der Waals surface area contributed by atoms with E-state index in [4.69, 9.17) is 9.26 Å². The van der Waals surface area contributed by atoms with Crippen molar-refractivity contribution in [1.29, 1.82) is 0 Å². The summed E-state index contributed by atoms with van der Waals surface area (Å²) in [5, 5.41) is 6.93. The number of carbonyl (C=O) groups excluding carboxylic acids is 1. The van der Waals surface area contributed by atoms with E-state index in [1.54, 1.807) is 0 Å². The minimum Gasteiger partial charge on any atom is -0.380 e. The Hall–Kier alpha value is -2.18. The van der Waals surface area contributed by atoms with Gasteiger partial charge < -0.3 is 19.5 Å². The molecule has 1 unspecified atom stereocenters. The summed E-state index contributed by atoms with van der Waals surface area (Å²) in [4.78, 5) is 14.7. The SMILES string of the molecule is CN1CCOCC(CNC(=O)c2conc2-c2ccccc2)C1. The first-order chi connectivity index (χ1) is 11.2. The summed E-state index contributed by atoms with van der Waals surface area (Å²) in [6, 6.07) is 9.55. The number of ether oxygens (including phenoxy) is 1. The predicted molar refractivity (Wildman–Crippen MR) is 86.1 cm³/mol. The number of nitrogens with one attached hydrogen (secondary N) is 1. The second-order valence-electron chi connectivity index (χ2n) is 5.86. The fraction of sp³-hybridized carbons (Fsp3) is 0.412. The largest absolute Gasteiger partial charge is 0.380 e. The zero-order chi connectivity index (χ0) is 16.1. The first-order valence-corrected chi connectivity index (χ1v) is 7.78. The van der Waals surface area contributed by atoms with Gasteiger partial charge in [-0.3, -0.25) is 4.79 Å². The van der Waals surface area contributed by atoms with E-state index in [9.17, 15) is 4.79 Å². The molecule has 3 rings (SSSR count). The van der Waals surface area contributed by atoms with Crippen LogP contribution in [0.1, 0.15) is 10.4 Å². The quantitative estimate of drug-likeness (QED) is 0.929. The van der Waals surface area contributed by atoms with Crippen molar-refractivity contribution in [2.75, 3.05) is 39.9 Å². The van der Waals surface area contributed by atoms with Crippen molar-refractivity contribution in [1.82, 2.24) is 15.4 Å². The Kier molecular flexibility index (Phi) is 5.05. The van der Waals surface area contributed by atoms with E-state index in [2.05, 4.69) is 22.4 Å². The topological polar surface area (TPSA) is 67.6 Å². The summed E-state index contributed by atoms with van der Waals surface area (Å²) in [6.07, 6.45) is 1.40. The molecular weight excluding hydrogens is 294 g/mol. The van der Waals surface area contributed by atoms with Crippen LogP contribution in [0.5, 0.6) is 0 Å². The zero-order valence-corrected chi connectivity index (χ0v) is 13.2. The van der Waals surface area contributed by atoms with Gasteiger partial charge in [-0.2, -0.15) is 0 Å². The molecule has 0 aliphatic carbocycles. The highest BCUT2D eigenvalue weighted by atomic mass is 16.5. The summed E-state index contributed by atoms with van der Waals surface area (Å²) in [6.45, 7) is 3.82. The Bertz CT molecular complexity index is 642. The van der Waals surface area contributed by atoms with Crippen LogP contribution >= 0.6 is 0 Å². The molecule has 0 saturated carbocycles. The third-order valence-electron chi connectivity index (χ3n) is 3.95. The maximum Gasteiger partial charge on any atom is 0.256 e. The molecule has 0 radical (unpaired) electrons. The van der Waals surface area contributed by atoms with Gasteiger partial charge in [0.15, 0.2) is 0 Å². The Balaban J connectivity index is 1.64. The van der Waals surface area contributed by atoms with Gasteiger partial charge in [0.2, 0.25) is 0 Å². The highest BCUT2D eigenvalue weighted by Gasteiger charge is 2.20. The molecule has 0 bridgehead atoms. The van der Waals surface area contributed by atoms with Crippen molar-refractivity contribution in [3.63, 3.8) is 0 Å². The van der Waals surface area contributed by atoms with Gasteiger partial charge >= 0.3 is 0 Å². The molecule has 2 aromatic rings. The molecule has 0 spiro atoms. The molecule has 1 amide bonds. The number of aromatic nitrogens is 1. The maximum atomic E-state index is 12.4. The third kappa shape index (κ3) is 3.97. The molecule has 122 valence electrons. The van der Waals surface area contributed by atoms with Crippen molar-refractivity contribution in [3.05, 3.63) is 42.2 Å². The van der Waals surface area contributed by atoms with Gasteiger partial charge in [0.1, 0.15) is 17.5 Å². The number of likely N-dealkylation sites (N-methyl/N-ethyl adjacent to an activating group) is 1. The Morgan fingerprint density at radius 2 is 2.22 bits per heavy atom. The normalized spacial score (nSPS) is 19.3. The molecule has 6 heteroatoms. The molecule has 23 heavy (non-hydrogen) atoms. The maximum absolute atomic E-state index is 12.4. The number of benzene rings is 1. The molecule has 2 heterocycles. The molecule has 1 atom stereocenters. The Morgan fingerprint density at radius 3 is 3.04 bits per heavy atom. The lowest BCUT2D eigenvalue weighted by Crippen LogP contribution is -2.35. The summed E-state index contributed by atoms with van der Waals surface area (Å²) in [5.74, 6) is 0.114. The monoisotopic (exact) mass is 315 g/mol. The van der Waals surface area contributed by atoms with E-state index < -0.39 is 0 Å². The van der Waals surface area contributed by atoms with Crippen molar-refractivity contribution < 1.29 is 14.1 Å². The molecule has 6 nitrogen and oxygen atoms in total.